The molecule has 21 heavy (non-hydrogen) atoms. The van der Waals surface area contributed by atoms with Crippen molar-refractivity contribution in [2.45, 2.75) is 42.9 Å². The Morgan fingerprint density at radius 3 is 2.57 bits per heavy atom. The van der Waals surface area contributed by atoms with Gasteiger partial charge in [0.15, 0.2) is 0 Å². The number of aromatic nitrogens is 2. The van der Waals surface area contributed by atoms with E-state index in [1.165, 1.54) is 4.68 Å². The summed E-state index contributed by atoms with van der Waals surface area (Å²) in [4.78, 5) is 10.9. The highest BCUT2D eigenvalue weighted by atomic mass is 32.2. The molecule has 1 heterocycles. The molecule has 0 saturated heterocycles. The van der Waals surface area contributed by atoms with E-state index >= 15 is 0 Å². The predicted octanol–water partition coefficient (Wildman–Crippen LogP) is 0.758. The lowest BCUT2D eigenvalue weighted by Crippen LogP contribution is -2.32. The Balaban J connectivity index is 2.23. The van der Waals surface area contributed by atoms with E-state index in [4.69, 9.17) is 5.11 Å². The molecular weight excluding hydrogens is 314 g/mol. The van der Waals surface area contributed by atoms with Gasteiger partial charge in [-0.25, -0.2) is 13.1 Å². The Hall–Kier alpha value is -1.06. The van der Waals surface area contributed by atoms with Gasteiger partial charge in [0.1, 0.15) is 11.4 Å². The van der Waals surface area contributed by atoms with Crippen LogP contribution in [-0.4, -0.2) is 46.8 Å². The van der Waals surface area contributed by atoms with E-state index < -0.39 is 16.0 Å². The lowest BCUT2D eigenvalue weighted by molar-refractivity contribution is -0.137. The second-order valence-electron chi connectivity index (χ2n) is 5.26. The zero-order valence-corrected chi connectivity index (χ0v) is 13.8. The van der Waals surface area contributed by atoms with Crippen LogP contribution >= 0.6 is 11.8 Å². The first-order chi connectivity index (χ1) is 9.71. The van der Waals surface area contributed by atoms with Gasteiger partial charge in [0.05, 0.1) is 11.4 Å². The molecule has 0 aromatic carbocycles. The highest BCUT2D eigenvalue weighted by Gasteiger charge is 2.43. The number of thioether (sulfide) groups is 1. The van der Waals surface area contributed by atoms with Gasteiger partial charge < -0.3 is 5.11 Å². The molecule has 0 atom stereocenters. The van der Waals surface area contributed by atoms with Crippen LogP contribution in [0.1, 0.15) is 24.2 Å². The molecule has 1 aromatic heterocycles. The molecule has 2 N–H and O–H groups in total. The minimum atomic E-state index is -3.68. The van der Waals surface area contributed by atoms with Crippen LogP contribution in [0.3, 0.4) is 0 Å². The molecule has 1 aromatic rings. The Bertz CT molecular complexity index is 662. The van der Waals surface area contributed by atoms with E-state index in [2.05, 4.69) is 9.82 Å². The van der Waals surface area contributed by atoms with E-state index in [0.29, 0.717) is 17.9 Å². The van der Waals surface area contributed by atoms with Gasteiger partial charge in [-0.2, -0.15) is 16.9 Å². The van der Waals surface area contributed by atoms with Gasteiger partial charge in [-0.05, 0) is 32.9 Å². The summed E-state index contributed by atoms with van der Waals surface area (Å²) in [5.41, 5.74) is 0.659. The number of carboxylic acids is 1. The number of hydrogen-bond acceptors (Lipinski definition) is 5. The molecule has 2 rings (SSSR count). The van der Waals surface area contributed by atoms with Crippen LogP contribution in [0.15, 0.2) is 4.90 Å². The first kappa shape index (κ1) is 16.3. The van der Waals surface area contributed by atoms with Crippen LogP contribution in [0.25, 0.3) is 0 Å². The van der Waals surface area contributed by atoms with Gasteiger partial charge in [-0.1, -0.05) is 0 Å². The fraction of sp³-hybridized carbons (Fsp3) is 0.667. The smallest absolute Gasteiger partial charge is 0.325 e. The third kappa shape index (κ3) is 3.41. The average Bonchev–Trinajstić information content (AvgIpc) is 3.10. The maximum absolute atomic E-state index is 12.4. The zero-order chi connectivity index (χ0) is 15.8. The van der Waals surface area contributed by atoms with Crippen molar-refractivity contribution in [2.75, 3.05) is 12.8 Å². The number of sulfonamides is 1. The number of rotatable bonds is 7. The predicted molar refractivity (Wildman–Crippen MR) is 80.0 cm³/mol. The molecule has 1 fully saturated rings. The molecule has 1 aliphatic rings. The molecule has 0 radical (unpaired) electrons. The van der Waals surface area contributed by atoms with Crippen molar-refractivity contribution in [1.82, 2.24) is 14.5 Å². The van der Waals surface area contributed by atoms with Crippen molar-refractivity contribution < 1.29 is 18.3 Å². The van der Waals surface area contributed by atoms with Gasteiger partial charge in [0, 0.05) is 11.3 Å². The molecule has 0 amide bonds. The molecule has 0 bridgehead atoms. The average molecular weight is 333 g/mol. The largest absolute Gasteiger partial charge is 0.480 e. The number of aryl methyl sites for hydroxylation is 1. The van der Waals surface area contributed by atoms with Crippen LogP contribution in [0.5, 0.6) is 0 Å². The van der Waals surface area contributed by atoms with Gasteiger partial charge in [0.2, 0.25) is 10.0 Å². The summed E-state index contributed by atoms with van der Waals surface area (Å²) in [6, 6.07) is 0. The number of aliphatic carboxylic acids is 1. The minimum Gasteiger partial charge on any atom is -0.480 e. The second kappa shape index (κ2) is 5.62. The second-order valence-corrected chi connectivity index (χ2v) is 8.24. The molecule has 0 aliphatic heterocycles. The summed E-state index contributed by atoms with van der Waals surface area (Å²) in [5.74, 6) is -1.06. The number of nitrogens with zero attached hydrogens (tertiary/aromatic N) is 2. The summed E-state index contributed by atoms with van der Waals surface area (Å²) < 4.78 is 28.7. The summed E-state index contributed by atoms with van der Waals surface area (Å²) >= 11 is 1.67. The highest BCUT2D eigenvalue weighted by Crippen LogP contribution is 2.46. The van der Waals surface area contributed by atoms with Crippen molar-refractivity contribution in [3.8, 4) is 0 Å². The van der Waals surface area contributed by atoms with Crippen LogP contribution in [0.2, 0.25) is 0 Å². The lowest BCUT2D eigenvalue weighted by atomic mass is 10.4. The van der Waals surface area contributed by atoms with E-state index in [1.807, 2.05) is 6.26 Å². The number of hydrogen-bond donors (Lipinski definition) is 2. The standard InChI is InChI=1S/C12H19N3O4S2/c1-8-11(9(2)15(14-8)6-10(16)17)21(18,19)13-7-12(20-3)4-5-12/h13H,4-7H2,1-3H3,(H,16,17). The van der Waals surface area contributed by atoms with E-state index in [9.17, 15) is 13.2 Å². The molecule has 1 aliphatic carbocycles. The number of carboxylic acid groups (broad SMARTS) is 1. The Morgan fingerprint density at radius 1 is 1.48 bits per heavy atom. The van der Waals surface area contributed by atoms with Crippen molar-refractivity contribution in [1.29, 1.82) is 0 Å². The van der Waals surface area contributed by atoms with Gasteiger partial charge >= 0.3 is 5.97 Å². The zero-order valence-electron chi connectivity index (χ0n) is 12.2. The topological polar surface area (TPSA) is 101 Å². The van der Waals surface area contributed by atoms with E-state index in [0.717, 1.165) is 12.8 Å². The fourth-order valence-corrected chi connectivity index (χ4v) is 4.60. The van der Waals surface area contributed by atoms with Gasteiger partial charge in [0.25, 0.3) is 0 Å². The monoisotopic (exact) mass is 333 g/mol. The molecule has 0 spiro atoms. The third-order valence-corrected chi connectivity index (χ3v) is 6.77. The quantitative estimate of drug-likeness (QED) is 0.764. The Morgan fingerprint density at radius 2 is 2.10 bits per heavy atom. The third-order valence-electron chi connectivity index (χ3n) is 3.69. The summed E-state index contributed by atoms with van der Waals surface area (Å²) in [7, 11) is -3.68. The summed E-state index contributed by atoms with van der Waals surface area (Å²) in [5, 5.41) is 12.8. The molecular formula is C12H19N3O4S2. The number of nitrogens with one attached hydrogen (secondary N) is 1. The van der Waals surface area contributed by atoms with Crippen LogP contribution in [-0.2, 0) is 21.4 Å². The Labute approximate surface area is 128 Å². The van der Waals surface area contributed by atoms with Crippen molar-refractivity contribution >= 4 is 27.8 Å². The van der Waals surface area contributed by atoms with E-state index in [-0.39, 0.29) is 16.2 Å². The van der Waals surface area contributed by atoms with Crippen LogP contribution < -0.4 is 4.72 Å². The van der Waals surface area contributed by atoms with Gasteiger partial charge in [-0.3, -0.25) is 9.48 Å². The summed E-state index contributed by atoms with van der Waals surface area (Å²) in [6.45, 7) is 3.18. The summed E-state index contributed by atoms with van der Waals surface area (Å²) in [6.07, 6.45) is 3.99. The first-order valence-electron chi connectivity index (χ1n) is 6.51. The molecule has 7 nitrogen and oxygen atoms in total. The fourth-order valence-electron chi connectivity index (χ4n) is 2.24. The number of carbonyl (C=O) groups is 1. The molecule has 118 valence electrons. The van der Waals surface area contributed by atoms with Crippen molar-refractivity contribution in [3.05, 3.63) is 11.4 Å². The van der Waals surface area contributed by atoms with Crippen molar-refractivity contribution in [2.24, 2.45) is 0 Å². The van der Waals surface area contributed by atoms with E-state index in [1.54, 1.807) is 25.6 Å². The van der Waals surface area contributed by atoms with Crippen molar-refractivity contribution in [3.63, 3.8) is 0 Å². The minimum absolute atomic E-state index is 0.0198. The van der Waals surface area contributed by atoms with Gasteiger partial charge in [-0.15, -0.1) is 0 Å². The molecule has 1 saturated carbocycles. The normalized spacial score (nSPS) is 16.9. The SMILES string of the molecule is CSC1(CNS(=O)(=O)c2c(C)nn(CC(=O)O)c2C)CC1. The Kier molecular flexibility index (Phi) is 4.36. The molecule has 9 heteroatoms. The first-order valence-corrected chi connectivity index (χ1v) is 9.22. The lowest BCUT2D eigenvalue weighted by Gasteiger charge is -2.13. The molecule has 0 unspecified atom stereocenters. The maximum atomic E-state index is 12.4. The van der Waals surface area contributed by atoms with Crippen LogP contribution in [0, 0.1) is 13.8 Å². The highest BCUT2D eigenvalue weighted by molar-refractivity contribution is 8.00. The maximum Gasteiger partial charge on any atom is 0.325 e. The van der Waals surface area contributed by atoms with Crippen LogP contribution in [0.4, 0.5) is 0 Å².